The van der Waals surface area contributed by atoms with E-state index in [1.165, 1.54) is 0 Å². The first kappa shape index (κ1) is 12.7. The maximum atomic E-state index is 12.0. The molecule has 2 rings (SSSR count). The lowest BCUT2D eigenvalue weighted by atomic mass is 10.1. The van der Waals surface area contributed by atoms with Gasteiger partial charge >= 0.3 is 0 Å². The van der Waals surface area contributed by atoms with Gasteiger partial charge in [0.2, 0.25) is 0 Å². The highest BCUT2D eigenvalue weighted by Gasteiger charge is 2.10. The van der Waals surface area contributed by atoms with Crippen molar-refractivity contribution in [2.45, 2.75) is 26.7 Å². The first-order chi connectivity index (χ1) is 8.68. The predicted molar refractivity (Wildman–Crippen MR) is 72.6 cm³/mol. The van der Waals surface area contributed by atoms with Crippen molar-refractivity contribution in [3.63, 3.8) is 0 Å². The predicted octanol–water partition coefficient (Wildman–Crippen LogP) is 3.60. The highest BCUT2D eigenvalue weighted by molar-refractivity contribution is 6.05. The van der Waals surface area contributed by atoms with Gasteiger partial charge < -0.3 is 9.73 Å². The molecule has 1 amide bonds. The summed E-state index contributed by atoms with van der Waals surface area (Å²) in [5, 5.41) is 3.83. The molecule has 96 valence electrons. The Hall–Kier alpha value is -1.77. The van der Waals surface area contributed by atoms with Gasteiger partial charge in [0, 0.05) is 11.9 Å². The topological polar surface area (TPSA) is 42.2 Å². The number of fused-ring (bicyclic) bond motifs is 1. The van der Waals surface area contributed by atoms with Crippen LogP contribution in [0.3, 0.4) is 0 Å². The molecule has 1 aromatic heterocycles. The van der Waals surface area contributed by atoms with Gasteiger partial charge in [-0.05, 0) is 37.0 Å². The SMILES string of the molecule is CC(C)CCCNC(=O)c1cccc2occc12. The molecule has 2 aromatic rings. The first-order valence-electron chi connectivity index (χ1n) is 6.43. The highest BCUT2D eigenvalue weighted by Crippen LogP contribution is 2.19. The van der Waals surface area contributed by atoms with E-state index in [2.05, 4.69) is 19.2 Å². The maximum absolute atomic E-state index is 12.0. The van der Waals surface area contributed by atoms with E-state index in [1.807, 2.05) is 24.3 Å². The summed E-state index contributed by atoms with van der Waals surface area (Å²) in [7, 11) is 0. The minimum Gasteiger partial charge on any atom is -0.464 e. The number of hydrogen-bond donors (Lipinski definition) is 1. The fraction of sp³-hybridized carbons (Fsp3) is 0.400. The second-order valence-electron chi connectivity index (χ2n) is 4.93. The third-order valence-electron chi connectivity index (χ3n) is 2.98. The number of benzene rings is 1. The molecule has 3 nitrogen and oxygen atoms in total. The Labute approximate surface area is 107 Å². The lowest BCUT2D eigenvalue weighted by molar-refractivity contribution is 0.0954. The monoisotopic (exact) mass is 245 g/mol. The molecule has 1 N–H and O–H groups in total. The molecule has 0 spiro atoms. The van der Waals surface area contributed by atoms with Crippen LogP contribution in [0.1, 0.15) is 37.0 Å². The molecular weight excluding hydrogens is 226 g/mol. The third-order valence-corrected chi connectivity index (χ3v) is 2.98. The van der Waals surface area contributed by atoms with Crippen LogP contribution in [0.5, 0.6) is 0 Å². The molecule has 0 aliphatic rings. The lowest BCUT2D eigenvalue weighted by Gasteiger charge is -2.07. The van der Waals surface area contributed by atoms with Crippen LogP contribution in [0.25, 0.3) is 11.0 Å². The van der Waals surface area contributed by atoms with Gasteiger partial charge in [-0.2, -0.15) is 0 Å². The van der Waals surface area contributed by atoms with Gasteiger partial charge in [-0.1, -0.05) is 19.9 Å². The van der Waals surface area contributed by atoms with Crippen molar-refractivity contribution in [2.75, 3.05) is 6.54 Å². The Morgan fingerprint density at radius 3 is 2.94 bits per heavy atom. The van der Waals surface area contributed by atoms with Crippen molar-refractivity contribution in [3.8, 4) is 0 Å². The molecule has 0 unspecified atom stereocenters. The normalized spacial score (nSPS) is 11.1. The number of carbonyl (C=O) groups is 1. The average molecular weight is 245 g/mol. The lowest BCUT2D eigenvalue weighted by Crippen LogP contribution is -2.24. The molecule has 3 heteroatoms. The summed E-state index contributed by atoms with van der Waals surface area (Å²) in [6, 6.07) is 7.37. The van der Waals surface area contributed by atoms with E-state index >= 15 is 0 Å². The molecule has 1 aromatic carbocycles. The number of rotatable bonds is 5. The van der Waals surface area contributed by atoms with Crippen molar-refractivity contribution in [3.05, 3.63) is 36.1 Å². The Morgan fingerprint density at radius 1 is 1.33 bits per heavy atom. The van der Waals surface area contributed by atoms with Gasteiger partial charge in [-0.3, -0.25) is 4.79 Å². The van der Waals surface area contributed by atoms with Gasteiger partial charge in [0.05, 0.1) is 11.8 Å². The van der Waals surface area contributed by atoms with Crippen LogP contribution in [0.4, 0.5) is 0 Å². The molecule has 0 saturated carbocycles. The summed E-state index contributed by atoms with van der Waals surface area (Å²) in [6.07, 6.45) is 3.77. The molecule has 0 aliphatic heterocycles. The molecule has 0 aliphatic carbocycles. The average Bonchev–Trinajstić information content (AvgIpc) is 2.82. The first-order valence-corrected chi connectivity index (χ1v) is 6.43. The standard InChI is InChI=1S/C15H19NO2/c1-11(2)5-4-9-16-15(17)13-6-3-7-14-12(13)8-10-18-14/h3,6-8,10-11H,4-5,9H2,1-2H3,(H,16,17). The fourth-order valence-electron chi connectivity index (χ4n) is 2.00. The van der Waals surface area contributed by atoms with Crippen molar-refractivity contribution in [2.24, 2.45) is 5.92 Å². The van der Waals surface area contributed by atoms with Crippen LogP contribution < -0.4 is 5.32 Å². The van der Waals surface area contributed by atoms with Gasteiger partial charge in [0.1, 0.15) is 5.58 Å². The second kappa shape index (κ2) is 5.71. The zero-order chi connectivity index (χ0) is 13.0. The Bertz CT molecular complexity index is 528. The Balaban J connectivity index is 1.98. The van der Waals surface area contributed by atoms with E-state index in [0.717, 1.165) is 30.4 Å². The highest BCUT2D eigenvalue weighted by atomic mass is 16.3. The van der Waals surface area contributed by atoms with Crippen LogP contribution in [-0.4, -0.2) is 12.5 Å². The number of furan rings is 1. The fourth-order valence-corrected chi connectivity index (χ4v) is 2.00. The summed E-state index contributed by atoms with van der Waals surface area (Å²) >= 11 is 0. The zero-order valence-electron chi connectivity index (χ0n) is 10.9. The number of amides is 1. The number of hydrogen-bond acceptors (Lipinski definition) is 2. The van der Waals surface area contributed by atoms with Gasteiger partial charge in [0.15, 0.2) is 0 Å². The Kier molecular flexibility index (Phi) is 4.03. The summed E-state index contributed by atoms with van der Waals surface area (Å²) in [5.41, 5.74) is 1.44. The van der Waals surface area contributed by atoms with E-state index in [-0.39, 0.29) is 5.91 Å². The van der Waals surface area contributed by atoms with Crippen molar-refractivity contribution in [1.82, 2.24) is 5.32 Å². The quantitative estimate of drug-likeness (QED) is 0.818. The van der Waals surface area contributed by atoms with Crippen LogP contribution in [0.2, 0.25) is 0 Å². The van der Waals surface area contributed by atoms with E-state index < -0.39 is 0 Å². The molecule has 0 saturated heterocycles. The van der Waals surface area contributed by atoms with E-state index in [9.17, 15) is 4.79 Å². The largest absolute Gasteiger partial charge is 0.464 e. The molecule has 0 fully saturated rings. The summed E-state index contributed by atoms with van der Waals surface area (Å²) < 4.78 is 5.29. The third kappa shape index (κ3) is 2.92. The molecule has 18 heavy (non-hydrogen) atoms. The van der Waals surface area contributed by atoms with Gasteiger partial charge in [-0.15, -0.1) is 0 Å². The maximum Gasteiger partial charge on any atom is 0.252 e. The van der Waals surface area contributed by atoms with Crippen molar-refractivity contribution < 1.29 is 9.21 Å². The van der Waals surface area contributed by atoms with E-state index in [4.69, 9.17) is 4.42 Å². The second-order valence-corrected chi connectivity index (χ2v) is 4.93. The molecule has 0 radical (unpaired) electrons. The van der Waals surface area contributed by atoms with Crippen molar-refractivity contribution >= 4 is 16.9 Å². The minimum atomic E-state index is -0.0224. The van der Waals surface area contributed by atoms with Crippen LogP contribution in [0.15, 0.2) is 34.9 Å². The smallest absolute Gasteiger partial charge is 0.252 e. The van der Waals surface area contributed by atoms with Crippen LogP contribution in [0, 0.1) is 5.92 Å². The van der Waals surface area contributed by atoms with Crippen molar-refractivity contribution in [1.29, 1.82) is 0 Å². The summed E-state index contributed by atoms with van der Waals surface area (Å²) in [6.45, 7) is 5.10. The summed E-state index contributed by atoms with van der Waals surface area (Å²) in [4.78, 5) is 12.0. The minimum absolute atomic E-state index is 0.0224. The molecule has 0 atom stereocenters. The molecular formula is C15H19NO2. The van der Waals surface area contributed by atoms with E-state index in [1.54, 1.807) is 6.26 Å². The van der Waals surface area contributed by atoms with Gasteiger partial charge in [0.25, 0.3) is 5.91 Å². The zero-order valence-corrected chi connectivity index (χ0v) is 10.9. The summed E-state index contributed by atoms with van der Waals surface area (Å²) in [5.74, 6) is 0.657. The Morgan fingerprint density at radius 2 is 2.17 bits per heavy atom. The van der Waals surface area contributed by atoms with Gasteiger partial charge in [-0.25, -0.2) is 0 Å². The number of nitrogens with one attached hydrogen (secondary N) is 1. The molecule has 1 heterocycles. The molecule has 0 bridgehead atoms. The van der Waals surface area contributed by atoms with Crippen LogP contribution >= 0.6 is 0 Å². The number of carbonyl (C=O) groups excluding carboxylic acids is 1. The van der Waals surface area contributed by atoms with Crippen LogP contribution in [-0.2, 0) is 0 Å². The van der Waals surface area contributed by atoms with E-state index in [0.29, 0.717) is 11.5 Å².